The molecule has 0 fully saturated rings. The third kappa shape index (κ3) is 2.59. The highest BCUT2D eigenvalue weighted by Crippen LogP contribution is 2.27. The maximum absolute atomic E-state index is 10.2. The monoisotopic (exact) mass is 242 g/mol. The van der Waals surface area contributed by atoms with Crippen molar-refractivity contribution in [3.63, 3.8) is 0 Å². The van der Waals surface area contributed by atoms with Crippen LogP contribution in [0.4, 0.5) is 0 Å². The van der Waals surface area contributed by atoms with Crippen LogP contribution in [-0.4, -0.2) is 16.2 Å². The molecule has 68 valence electrons. The molecule has 13 heavy (non-hydrogen) atoms. The summed E-state index contributed by atoms with van der Waals surface area (Å²) in [7, 11) is 0. The van der Waals surface area contributed by atoms with Crippen LogP contribution in [0.3, 0.4) is 0 Å². The van der Waals surface area contributed by atoms with Crippen molar-refractivity contribution in [2.24, 2.45) is 0 Å². The van der Waals surface area contributed by atoms with Crippen molar-refractivity contribution in [1.82, 2.24) is 0 Å². The van der Waals surface area contributed by atoms with E-state index in [-0.39, 0.29) is 5.75 Å². The van der Waals surface area contributed by atoms with Crippen LogP contribution in [0.15, 0.2) is 28.7 Å². The molecule has 0 aliphatic heterocycles. The second-order valence-electron chi connectivity index (χ2n) is 2.35. The summed E-state index contributed by atoms with van der Waals surface area (Å²) in [5.41, 5.74) is 0.627. The van der Waals surface area contributed by atoms with E-state index in [2.05, 4.69) is 15.9 Å². The standard InChI is InChI=1S/C9H7BrO3/c10-9-6(4-5-8(12)13)2-1-3-7(9)11/h1-5,11H,(H,12,13)/b5-4+. The Hall–Kier alpha value is -1.29. The lowest BCUT2D eigenvalue weighted by atomic mass is 10.2. The molecule has 0 aromatic heterocycles. The van der Waals surface area contributed by atoms with Gasteiger partial charge in [-0.25, -0.2) is 4.79 Å². The minimum atomic E-state index is -1.02. The van der Waals surface area contributed by atoms with Crippen LogP contribution in [0.25, 0.3) is 6.08 Å². The van der Waals surface area contributed by atoms with Crippen LogP contribution in [-0.2, 0) is 4.79 Å². The van der Waals surface area contributed by atoms with Crippen molar-refractivity contribution in [1.29, 1.82) is 0 Å². The number of carbonyl (C=O) groups is 1. The van der Waals surface area contributed by atoms with E-state index in [0.717, 1.165) is 6.08 Å². The van der Waals surface area contributed by atoms with Crippen LogP contribution < -0.4 is 0 Å². The highest BCUT2D eigenvalue weighted by Gasteiger charge is 2.00. The van der Waals surface area contributed by atoms with Gasteiger partial charge in [0.15, 0.2) is 0 Å². The van der Waals surface area contributed by atoms with Gasteiger partial charge in [0.1, 0.15) is 5.75 Å². The molecule has 0 radical (unpaired) electrons. The Morgan fingerprint density at radius 1 is 1.46 bits per heavy atom. The summed E-state index contributed by atoms with van der Waals surface area (Å²) < 4.78 is 0.493. The van der Waals surface area contributed by atoms with Gasteiger partial charge in [0.05, 0.1) is 4.47 Å². The van der Waals surface area contributed by atoms with Crippen molar-refractivity contribution < 1.29 is 15.0 Å². The first kappa shape index (κ1) is 9.80. The summed E-state index contributed by atoms with van der Waals surface area (Å²) in [4.78, 5) is 10.2. The number of carboxylic acids is 1. The number of phenols is 1. The van der Waals surface area contributed by atoms with E-state index in [1.807, 2.05) is 0 Å². The summed E-state index contributed by atoms with van der Waals surface area (Å²) in [6.45, 7) is 0. The van der Waals surface area contributed by atoms with Gasteiger partial charge >= 0.3 is 5.97 Å². The van der Waals surface area contributed by atoms with E-state index in [0.29, 0.717) is 10.0 Å². The molecule has 0 unspecified atom stereocenters. The average Bonchev–Trinajstić information content (AvgIpc) is 2.07. The second-order valence-corrected chi connectivity index (χ2v) is 3.14. The lowest BCUT2D eigenvalue weighted by molar-refractivity contribution is -0.131. The predicted molar refractivity (Wildman–Crippen MR) is 52.5 cm³/mol. The van der Waals surface area contributed by atoms with E-state index in [1.165, 1.54) is 12.1 Å². The topological polar surface area (TPSA) is 57.5 Å². The molecular formula is C9H7BrO3. The van der Waals surface area contributed by atoms with Crippen LogP contribution in [0, 0.1) is 0 Å². The third-order valence-electron chi connectivity index (χ3n) is 1.41. The van der Waals surface area contributed by atoms with Gasteiger partial charge < -0.3 is 10.2 Å². The van der Waals surface area contributed by atoms with Crippen molar-refractivity contribution in [2.75, 3.05) is 0 Å². The van der Waals surface area contributed by atoms with Crippen LogP contribution in [0.1, 0.15) is 5.56 Å². The van der Waals surface area contributed by atoms with Gasteiger partial charge in [-0.1, -0.05) is 12.1 Å². The summed E-state index contributed by atoms with van der Waals surface area (Å²) in [5.74, 6) is -0.928. The van der Waals surface area contributed by atoms with Gasteiger partial charge in [0.25, 0.3) is 0 Å². The fourth-order valence-corrected chi connectivity index (χ4v) is 1.22. The van der Waals surface area contributed by atoms with Crippen LogP contribution in [0.5, 0.6) is 5.75 Å². The number of carboxylic acid groups (broad SMARTS) is 1. The number of benzene rings is 1. The smallest absolute Gasteiger partial charge is 0.328 e. The van der Waals surface area contributed by atoms with Gasteiger partial charge in [0.2, 0.25) is 0 Å². The number of hydrogen-bond acceptors (Lipinski definition) is 2. The second kappa shape index (κ2) is 4.09. The number of phenolic OH excluding ortho intramolecular Hbond substituents is 1. The highest BCUT2D eigenvalue weighted by molar-refractivity contribution is 9.10. The number of halogens is 1. The minimum Gasteiger partial charge on any atom is -0.507 e. The zero-order valence-corrected chi connectivity index (χ0v) is 8.15. The normalized spacial score (nSPS) is 10.5. The molecule has 0 amide bonds. The molecule has 1 aromatic rings. The molecule has 0 heterocycles. The molecule has 3 nitrogen and oxygen atoms in total. The molecule has 0 bridgehead atoms. The average molecular weight is 243 g/mol. The minimum absolute atomic E-state index is 0.0903. The summed E-state index contributed by atoms with van der Waals surface area (Å²) >= 11 is 3.14. The quantitative estimate of drug-likeness (QED) is 0.783. The Labute approximate surface area is 83.5 Å². The van der Waals surface area contributed by atoms with E-state index in [1.54, 1.807) is 12.1 Å². The maximum Gasteiger partial charge on any atom is 0.328 e. The zero-order valence-electron chi connectivity index (χ0n) is 6.57. The summed E-state index contributed by atoms with van der Waals surface area (Å²) in [5, 5.41) is 17.6. The van der Waals surface area contributed by atoms with E-state index in [9.17, 15) is 9.90 Å². The Kier molecular flexibility index (Phi) is 3.08. The largest absolute Gasteiger partial charge is 0.507 e. The highest BCUT2D eigenvalue weighted by atomic mass is 79.9. The number of aliphatic carboxylic acids is 1. The van der Waals surface area contributed by atoms with Crippen LogP contribution >= 0.6 is 15.9 Å². The summed E-state index contributed by atoms with van der Waals surface area (Å²) in [6, 6.07) is 4.85. The van der Waals surface area contributed by atoms with Crippen molar-refractivity contribution >= 4 is 28.0 Å². The van der Waals surface area contributed by atoms with E-state index in [4.69, 9.17) is 5.11 Å². The van der Waals surface area contributed by atoms with Gasteiger partial charge in [-0.2, -0.15) is 0 Å². The first-order valence-electron chi connectivity index (χ1n) is 3.50. The molecular weight excluding hydrogens is 236 g/mol. The Morgan fingerprint density at radius 2 is 2.15 bits per heavy atom. The molecule has 0 spiro atoms. The number of rotatable bonds is 2. The molecule has 0 atom stereocenters. The SMILES string of the molecule is O=C(O)/C=C/c1cccc(O)c1Br. The number of hydrogen-bond donors (Lipinski definition) is 2. The van der Waals surface area contributed by atoms with Gasteiger partial charge in [-0.15, -0.1) is 0 Å². The molecule has 0 aliphatic carbocycles. The number of aromatic hydroxyl groups is 1. The maximum atomic E-state index is 10.2. The van der Waals surface area contributed by atoms with E-state index < -0.39 is 5.97 Å². The van der Waals surface area contributed by atoms with Gasteiger partial charge in [0, 0.05) is 6.08 Å². The first-order valence-corrected chi connectivity index (χ1v) is 4.29. The van der Waals surface area contributed by atoms with Gasteiger partial charge in [-0.3, -0.25) is 0 Å². The molecule has 0 saturated heterocycles. The predicted octanol–water partition coefficient (Wildman–Crippen LogP) is 2.25. The molecule has 0 saturated carbocycles. The molecule has 1 aromatic carbocycles. The van der Waals surface area contributed by atoms with Crippen LogP contribution in [0.2, 0.25) is 0 Å². The summed E-state index contributed by atoms with van der Waals surface area (Å²) in [6.07, 6.45) is 2.42. The fraction of sp³-hybridized carbons (Fsp3) is 0. The molecule has 0 aliphatic rings. The zero-order chi connectivity index (χ0) is 9.84. The lowest BCUT2D eigenvalue weighted by Crippen LogP contribution is -1.86. The Bertz CT molecular complexity index is 358. The molecule has 1 rings (SSSR count). The molecule has 4 heteroatoms. The first-order chi connectivity index (χ1) is 6.11. The lowest BCUT2D eigenvalue weighted by Gasteiger charge is -1.99. The Morgan fingerprint density at radius 3 is 2.77 bits per heavy atom. The van der Waals surface area contributed by atoms with E-state index >= 15 is 0 Å². The molecule has 2 N–H and O–H groups in total. The van der Waals surface area contributed by atoms with Crippen molar-refractivity contribution in [2.45, 2.75) is 0 Å². The van der Waals surface area contributed by atoms with Gasteiger partial charge in [-0.05, 0) is 33.6 Å². The fourth-order valence-electron chi connectivity index (χ4n) is 0.827. The van der Waals surface area contributed by atoms with Crippen molar-refractivity contribution in [3.05, 3.63) is 34.3 Å². The third-order valence-corrected chi connectivity index (χ3v) is 2.28. The Balaban J connectivity index is 3.02. The van der Waals surface area contributed by atoms with Crippen molar-refractivity contribution in [3.8, 4) is 5.75 Å².